The fraction of sp³-hybridized carbons (Fsp3) is 1.00. The molecular formula is C8H17NO. The minimum Gasteiger partial charge on any atom is -0.395 e. The third-order valence-electron chi connectivity index (χ3n) is 2.63. The average molecular weight is 143 g/mol. The molecule has 1 aliphatic rings. The maximum absolute atomic E-state index is 8.83. The zero-order valence-electron chi connectivity index (χ0n) is 6.85. The van der Waals surface area contributed by atoms with Gasteiger partial charge in [0, 0.05) is 12.6 Å². The van der Waals surface area contributed by atoms with Crippen LogP contribution in [0.25, 0.3) is 0 Å². The minimum atomic E-state index is 0.287. The highest BCUT2D eigenvalue weighted by atomic mass is 16.3. The highest BCUT2D eigenvalue weighted by Crippen LogP contribution is 2.30. The molecule has 0 aliphatic carbocycles. The van der Waals surface area contributed by atoms with Crippen molar-refractivity contribution in [1.29, 1.82) is 0 Å². The average Bonchev–Trinajstić information content (AvgIpc) is 2.33. The van der Waals surface area contributed by atoms with E-state index in [1.165, 1.54) is 6.42 Å². The first-order valence-corrected chi connectivity index (χ1v) is 4.04. The molecule has 0 radical (unpaired) electrons. The van der Waals surface area contributed by atoms with Crippen molar-refractivity contribution in [3.63, 3.8) is 0 Å². The van der Waals surface area contributed by atoms with Gasteiger partial charge in [0.25, 0.3) is 0 Å². The lowest BCUT2D eigenvalue weighted by molar-refractivity contribution is 0.243. The Balaban J connectivity index is 2.41. The molecule has 10 heavy (non-hydrogen) atoms. The SMILES string of the molecule is CCC1(C)CNC(CO)C1. The van der Waals surface area contributed by atoms with Crippen LogP contribution in [-0.2, 0) is 0 Å². The molecule has 0 aromatic rings. The quantitative estimate of drug-likeness (QED) is 0.598. The second kappa shape index (κ2) is 2.89. The van der Waals surface area contributed by atoms with Gasteiger partial charge >= 0.3 is 0 Å². The van der Waals surface area contributed by atoms with Crippen molar-refractivity contribution in [3.8, 4) is 0 Å². The first kappa shape index (κ1) is 8.02. The van der Waals surface area contributed by atoms with Gasteiger partial charge in [-0.1, -0.05) is 13.8 Å². The summed E-state index contributed by atoms with van der Waals surface area (Å²) >= 11 is 0. The van der Waals surface area contributed by atoms with Crippen LogP contribution in [0.4, 0.5) is 0 Å². The molecule has 2 atom stereocenters. The molecule has 1 fully saturated rings. The molecule has 2 unspecified atom stereocenters. The van der Waals surface area contributed by atoms with Gasteiger partial charge < -0.3 is 10.4 Å². The van der Waals surface area contributed by atoms with Gasteiger partial charge in [-0.15, -0.1) is 0 Å². The lowest BCUT2D eigenvalue weighted by Gasteiger charge is -2.19. The summed E-state index contributed by atoms with van der Waals surface area (Å²) in [5.41, 5.74) is 0.438. The van der Waals surface area contributed by atoms with Gasteiger partial charge in [-0.3, -0.25) is 0 Å². The second-order valence-corrected chi connectivity index (χ2v) is 3.63. The maximum atomic E-state index is 8.83. The van der Waals surface area contributed by atoms with E-state index in [0.29, 0.717) is 11.5 Å². The fourth-order valence-corrected chi connectivity index (χ4v) is 1.53. The van der Waals surface area contributed by atoms with Gasteiger partial charge in [-0.2, -0.15) is 0 Å². The zero-order valence-corrected chi connectivity index (χ0v) is 6.85. The molecule has 1 saturated heterocycles. The van der Waals surface area contributed by atoms with Crippen molar-refractivity contribution in [2.45, 2.75) is 32.7 Å². The lowest BCUT2D eigenvalue weighted by Crippen LogP contribution is -2.24. The molecule has 0 aromatic heterocycles. The first-order chi connectivity index (χ1) is 4.70. The summed E-state index contributed by atoms with van der Waals surface area (Å²) in [6, 6.07) is 0.352. The molecule has 1 aliphatic heterocycles. The maximum Gasteiger partial charge on any atom is 0.0584 e. The van der Waals surface area contributed by atoms with E-state index >= 15 is 0 Å². The van der Waals surface area contributed by atoms with E-state index in [4.69, 9.17) is 5.11 Å². The summed E-state index contributed by atoms with van der Waals surface area (Å²) < 4.78 is 0. The molecule has 0 aromatic carbocycles. The highest BCUT2D eigenvalue weighted by Gasteiger charge is 2.32. The normalized spacial score (nSPS) is 40.5. The monoisotopic (exact) mass is 143 g/mol. The summed E-state index contributed by atoms with van der Waals surface area (Å²) in [6.07, 6.45) is 2.33. The number of rotatable bonds is 2. The summed E-state index contributed by atoms with van der Waals surface area (Å²) in [6.45, 7) is 5.83. The van der Waals surface area contributed by atoms with Crippen LogP contribution in [0.3, 0.4) is 0 Å². The van der Waals surface area contributed by atoms with E-state index in [0.717, 1.165) is 13.0 Å². The Hall–Kier alpha value is -0.0800. The van der Waals surface area contributed by atoms with Gasteiger partial charge in [0.1, 0.15) is 0 Å². The van der Waals surface area contributed by atoms with E-state index in [1.54, 1.807) is 0 Å². The molecule has 0 spiro atoms. The molecule has 0 bridgehead atoms. The van der Waals surface area contributed by atoms with Gasteiger partial charge in [-0.25, -0.2) is 0 Å². The zero-order chi connectivity index (χ0) is 7.61. The van der Waals surface area contributed by atoms with Crippen LogP contribution >= 0.6 is 0 Å². The van der Waals surface area contributed by atoms with Crippen LogP contribution < -0.4 is 5.32 Å². The Kier molecular flexibility index (Phi) is 2.32. The third kappa shape index (κ3) is 1.50. The van der Waals surface area contributed by atoms with Crippen molar-refractivity contribution in [2.24, 2.45) is 5.41 Å². The van der Waals surface area contributed by atoms with Gasteiger partial charge in [0.2, 0.25) is 0 Å². The Labute approximate surface area is 62.6 Å². The van der Waals surface area contributed by atoms with E-state index in [9.17, 15) is 0 Å². The van der Waals surface area contributed by atoms with E-state index in [2.05, 4.69) is 19.2 Å². The molecule has 60 valence electrons. The molecule has 2 nitrogen and oxygen atoms in total. The lowest BCUT2D eigenvalue weighted by atomic mass is 9.85. The topological polar surface area (TPSA) is 32.3 Å². The summed E-state index contributed by atoms with van der Waals surface area (Å²) in [4.78, 5) is 0. The van der Waals surface area contributed by atoms with Crippen molar-refractivity contribution >= 4 is 0 Å². The molecule has 0 saturated carbocycles. The molecule has 1 rings (SSSR count). The molecular weight excluding hydrogens is 126 g/mol. The van der Waals surface area contributed by atoms with E-state index in [1.807, 2.05) is 0 Å². The van der Waals surface area contributed by atoms with Gasteiger partial charge in [0.05, 0.1) is 6.61 Å². The summed E-state index contributed by atoms with van der Waals surface area (Å²) in [5, 5.41) is 12.1. The molecule has 0 amide bonds. The highest BCUT2D eigenvalue weighted by molar-refractivity contribution is 4.89. The van der Waals surface area contributed by atoms with Crippen LogP contribution in [0, 0.1) is 5.41 Å². The second-order valence-electron chi connectivity index (χ2n) is 3.63. The van der Waals surface area contributed by atoms with Crippen molar-refractivity contribution in [1.82, 2.24) is 5.32 Å². The summed E-state index contributed by atoms with van der Waals surface area (Å²) in [7, 11) is 0. The van der Waals surface area contributed by atoms with E-state index in [-0.39, 0.29) is 6.61 Å². The number of hydrogen-bond donors (Lipinski definition) is 2. The van der Waals surface area contributed by atoms with E-state index < -0.39 is 0 Å². The van der Waals surface area contributed by atoms with Crippen molar-refractivity contribution in [3.05, 3.63) is 0 Å². The Bertz CT molecular complexity index is 116. The van der Waals surface area contributed by atoms with Crippen LogP contribution in [0.1, 0.15) is 26.7 Å². The summed E-state index contributed by atoms with van der Waals surface area (Å²) in [5.74, 6) is 0. The first-order valence-electron chi connectivity index (χ1n) is 4.04. The molecule has 2 heteroatoms. The minimum absolute atomic E-state index is 0.287. The Morgan fingerprint density at radius 3 is 2.70 bits per heavy atom. The largest absolute Gasteiger partial charge is 0.395 e. The predicted molar refractivity (Wildman–Crippen MR) is 41.9 cm³/mol. The molecule has 1 heterocycles. The third-order valence-corrected chi connectivity index (χ3v) is 2.63. The number of aliphatic hydroxyl groups is 1. The van der Waals surface area contributed by atoms with Crippen molar-refractivity contribution in [2.75, 3.05) is 13.2 Å². The molecule has 2 N–H and O–H groups in total. The Morgan fingerprint density at radius 2 is 2.40 bits per heavy atom. The predicted octanol–water partition coefficient (Wildman–Crippen LogP) is 0.757. The smallest absolute Gasteiger partial charge is 0.0584 e. The number of aliphatic hydroxyl groups excluding tert-OH is 1. The van der Waals surface area contributed by atoms with Crippen LogP contribution in [0.15, 0.2) is 0 Å². The van der Waals surface area contributed by atoms with Crippen LogP contribution in [0.2, 0.25) is 0 Å². The van der Waals surface area contributed by atoms with Crippen molar-refractivity contribution < 1.29 is 5.11 Å². The van der Waals surface area contributed by atoms with Crippen LogP contribution in [0.5, 0.6) is 0 Å². The standard InChI is InChI=1S/C8H17NO/c1-3-8(2)4-7(5-10)9-6-8/h7,9-10H,3-6H2,1-2H3. The number of nitrogens with one attached hydrogen (secondary N) is 1. The fourth-order valence-electron chi connectivity index (χ4n) is 1.53. The Morgan fingerprint density at radius 1 is 1.70 bits per heavy atom. The van der Waals surface area contributed by atoms with Gasteiger partial charge in [0.15, 0.2) is 0 Å². The van der Waals surface area contributed by atoms with Gasteiger partial charge in [-0.05, 0) is 18.3 Å². The van der Waals surface area contributed by atoms with Crippen LogP contribution in [-0.4, -0.2) is 24.3 Å². The number of hydrogen-bond acceptors (Lipinski definition) is 2.